The number of ketones is 1. The summed E-state index contributed by atoms with van der Waals surface area (Å²) in [7, 11) is 1.35. The highest BCUT2D eigenvalue weighted by molar-refractivity contribution is 6.15. The molecule has 0 saturated carbocycles. The number of hydrogen-bond donors (Lipinski definition) is 1. The summed E-state index contributed by atoms with van der Waals surface area (Å²) in [4.78, 5) is 29.0. The Morgan fingerprint density at radius 1 is 1.14 bits per heavy atom. The van der Waals surface area contributed by atoms with E-state index in [0.29, 0.717) is 11.3 Å². The number of aromatic amines is 1. The monoisotopic (exact) mass is 298 g/mol. The predicted octanol–water partition coefficient (Wildman–Crippen LogP) is 3.22. The largest absolute Gasteiger partial charge is 0.469 e. The average molecular weight is 298 g/mol. The summed E-state index contributed by atoms with van der Waals surface area (Å²) in [5.74, 6) is -0.298. The standard InChI is InChI=1S/C14H10N2O.C3H6O2.H2/c17-14(13-7-3-4-8-15-13)11-9-16-12-6-2-1-5-10(11)12;1-3(4)5-2;/h1-9,16H;1-2H3;1H. The third kappa shape index (κ3) is 3.58. The highest BCUT2D eigenvalue weighted by Gasteiger charge is 2.14. The molecule has 0 bridgehead atoms. The molecule has 22 heavy (non-hydrogen) atoms. The molecule has 114 valence electrons. The van der Waals surface area contributed by atoms with Crippen molar-refractivity contribution < 1.29 is 15.8 Å². The van der Waals surface area contributed by atoms with Crippen LogP contribution >= 0.6 is 0 Å². The van der Waals surface area contributed by atoms with Gasteiger partial charge in [-0.15, -0.1) is 0 Å². The van der Waals surface area contributed by atoms with Crippen LogP contribution < -0.4 is 0 Å². The second-order valence-corrected chi connectivity index (χ2v) is 4.49. The smallest absolute Gasteiger partial charge is 0.302 e. The third-order valence-corrected chi connectivity index (χ3v) is 3.02. The van der Waals surface area contributed by atoms with E-state index < -0.39 is 0 Å². The van der Waals surface area contributed by atoms with E-state index in [1.54, 1.807) is 24.5 Å². The average Bonchev–Trinajstić information content (AvgIpc) is 2.99. The van der Waals surface area contributed by atoms with Crippen LogP contribution in [0.15, 0.2) is 54.9 Å². The van der Waals surface area contributed by atoms with Gasteiger partial charge in [-0.1, -0.05) is 24.3 Å². The van der Waals surface area contributed by atoms with Crippen molar-refractivity contribution in [1.29, 1.82) is 0 Å². The Kier molecular flexibility index (Phi) is 5.03. The highest BCUT2D eigenvalue weighted by atomic mass is 16.5. The van der Waals surface area contributed by atoms with Gasteiger partial charge in [0.05, 0.1) is 7.11 Å². The Labute approximate surface area is 129 Å². The SMILES string of the molecule is COC(C)=O.O=C(c1ccccn1)c1c[nH]c2ccccc12.[HH]. The van der Waals surface area contributed by atoms with Crippen LogP contribution in [-0.2, 0) is 9.53 Å². The Bertz CT molecular complexity index is 785. The van der Waals surface area contributed by atoms with Crippen molar-refractivity contribution in [1.82, 2.24) is 9.97 Å². The molecule has 2 aromatic heterocycles. The van der Waals surface area contributed by atoms with Crippen LogP contribution in [0, 0.1) is 0 Å². The molecule has 0 aliphatic carbocycles. The fourth-order valence-corrected chi connectivity index (χ4v) is 1.89. The minimum absolute atomic E-state index is 0. The number of benzene rings is 1. The predicted molar refractivity (Wildman–Crippen MR) is 85.8 cm³/mol. The zero-order valence-electron chi connectivity index (χ0n) is 12.4. The van der Waals surface area contributed by atoms with Crippen LogP contribution in [0.2, 0.25) is 0 Å². The number of ether oxygens (including phenoxy) is 1. The number of hydrogen-bond acceptors (Lipinski definition) is 4. The summed E-state index contributed by atoms with van der Waals surface area (Å²) in [6, 6.07) is 13.1. The Hall–Kier alpha value is -2.95. The van der Waals surface area contributed by atoms with E-state index in [1.165, 1.54) is 14.0 Å². The number of pyridine rings is 1. The minimum Gasteiger partial charge on any atom is -0.469 e. The number of para-hydroxylation sites is 1. The molecular formula is C17H18N2O3. The summed E-state index contributed by atoms with van der Waals surface area (Å²) in [5.41, 5.74) is 2.10. The molecule has 5 nitrogen and oxygen atoms in total. The van der Waals surface area contributed by atoms with E-state index in [1.807, 2.05) is 30.3 Å². The van der Waals surface area contributed by atoms with Crippen molar-refractivity contribution in [2.75, 3.05) is 7.11 Å². The van der Waals surface area contributed by atoms with Crippen molar-refractivity contribution >= 4 is 22.7 Å². The molecular weight excluding hydrogens is 280 g/mol. The lowest BCUT2D eigenvalue weighted by Crippen LogP contribution is -2.02. The highest BCUT2D eigenvalue weighted by Crippen LogP contribution is 2.19. The van der Waals surface area contributed by atoms with Gasteiger partial charge in [0.25, 0.3) is 0 Å². The fourth-order valence-electron chi connectivity index (χ4n) is 1.89. The van der Waals surface area contributed by atoms with E-state index >= 15 is 0 Å². The summed E-state index contributed by atoms with van der Waals surface area (Å²) >= 11 is 0. The summed E-state index contributed by atoms with van der Waals surface area (Å²) < 4.78 is 4.11. The van der Waals surface area contributed by atoms with E-state index in [4.69, 9.17) is 0 Å². The normalized spacial score (nSPS) is 9.73. The number of H-pyrrole nitrogens is 1. The van der Waals surface area contributed by atoms with Crippen molar-refractivity contribution in [3.05, 3.63) is 66.1 Å². The first kappa shape index (κ1) is 15.4. The van der Waals surface area contributed by atoms with E-state index in [9.17, 15) is 9.59 Å². The van der Waals surface area contributed by atoms with E-state index in [2.05, 4.69) is 14.7 Å². The van der Waals surface area contributed by atoms with Crippen molar-refractivity contribution in [2.45, 2.75) is 6.92 Å². The zero-order chi connectivity index (χ0) is 15.9. The van der Waals surface area contributed by atoms with Crippen LogP contribution in [0.4, 0.5) is 0 Å². The van der Waals surface area contributed by atoms with Crippen LogP contribution in [-0.4, -0.2) is 28.8 Å². The Balaban J connectivity index is 0.000000390. The van der Waals surface area contributed by atoms with E-state index in [-0.39, 0.29) is 13.2 Å². The third-order valence-electron chi connectivity index (χ3n) is 3.02. The molecule has 0 fully saturated rings. The van der Waals surface area contributed by atoms with Gasteiger partial charge in [0, 0.05) is 37.2 Å². The van der Waals surface area contributed by atoms with Crippen LogP contribution in [0.5, 0.6) is 0 Å². The van der Waals surface area contributed by atoms with Gasteiger partial charge in [-0.05, 0) is 18.2 Å². The maximum Gasteiger partial charge on any atom is 0.302 e. The number of nitrogens with one attached hydrogen (secondary N) is 1. The van der Waals surface area contributed by atoms with Gasteiger partial charge >= 0.3 is 5.97 Å². The summed E-state index contributed by atoms with van der Waals surface area (Å²) in [6.45, 7) is 1.36. The second kappa shape index (κ2) is 7.17. The number of methoxy groups -OCH3 is 1. The van der Waals surface area contributed by atoms with Gasteiger partial charge in [-0.2, -0.15) is 0 Å². The van der Waals surface area contributed by atoms with Gasteiger partial charge in [-0.25, -0.2) is 0 Å². The molecule has 0 unspecified atom stereocenters. The van der Waals surface area contributed by atoms with Gasteiger partial charge in [-0.3, -0.25) is 14.6 Å². The van der Waals surface area contributed by atoms with Crippen molar-refractivity contribution in [3.63, 3.8) is 0 Å². The first-order chi connectivity index (χ1) is 10.6. The first-order valence-corrected chi connectivity index (χ1v) is 6.70. The molecule has 0 radical (unpaired) electrons. The molecule has 0 atom stereocenters. The number of aromatic nitrogens is 2. The van der Waals surface area contributed by atoms with Gasteiger partial charge in [0.2, 0.25) is 5.78 Å². The molecule has 3 rings (SSSR count). The molecule has 2 heterocycles. The fraction of sp³-hybridized carbons (Fsp3) is 0.118. The summed E-state index contributed by atoms with van der Waals surface area (Å²) in [6.07, 6.45) is 3.36. The molecule has 3 aromatic rings. The Morgan fingerprint density at radius 2 is 1.82 bits per heavy atom. The lowest BCUT2D eigenvalue weighted by atomic mass is 10.1. The molecule has 0 aliphatic heterocycles. The zero-order valence-corrected chi connectivity index (χ0v) is 12.4. The lowest BCUT2D eigenvalue weighted by molar-refractivity contribution is -0.137. The molecule has 0 amide bonds. The molecule has 1 aromatic carbocycles. The topological polar surface area (TPSA) is 72.1 Å². The number of nitrogens with zero attached hydrogens (tertiary/aromatic N) is 1. The second-order valence-electron chi connectivity index (χ2n) is 4.49. The maximum atomic E-state index is 12.2. The number of carbonyl (C=O) groups is 2. The van der Waals surface area contributed by atoms with Gasteiger partial charge in [0.1, 0.15) is 5.69 Å². The minimum atomic E-state index is -0.245. The van der Waals surface area contributed by atoms with Gasteiger partial charge in [0.15, 0.2) is 0 Å². The first-order valence-electron chi connectivity index (χ1n) is 6.70. The quantitative estimate of drug-likeness (QED) is 0.582. The molecule has 1 N–H and O–H groups in total. The van der Waals surface area contributed by atoms with Crippen LogP contribution in [0.1, 0.15) is 24.4 Å². The summed E-state index contributed by atoms with van der Waals surface area (Å²) in [5, 5.41) is 0.933. The molecule has 0 spiro atoms. The van der Waals surface area contributed by atoms with Crippen molar-refractivity contribution in [3.8, 4) is 0 Å². The molecule has 5 heteroatoms. The lowest BCUT2D eigenvalue weighted by Gasteiger charge is -1.97. The maximum absolute atomic E-state index is 12.2. The van der Waals surface area contributed by atoms with Crippen LogP contribution in [0.25, 0.3) is 10.9 Å². The molecule has 0 saturated heterocycles. The van der Waals surface area contributed by atoms with Crippen LogP contribution in [0.3, 0.4) is 0 Å². The number of carbonyl (C=O) groups excluding carboxylic acids is 2. The van der Waals surface area contributed by atoms with Gasteiger partial charge < -0.3 is 9.72 Å². The van der Waals surface area contributed by atoms with E-state index in [0.717, 1.165) is 10.9 Å². The number of rotatable bonds is 2. The van der Waals surface area contributed by atoms with Crippen molar-refractivity contribution in [2.24, 2.45) is 0 Å². The number of fused-ring (bicyclic) bond motifs is 1. The Morgan fingerprint density at radius 3 is 2.45 bits per heavy atom. The number of esters is 1. The molecule has 0 aliphatic rings.